The molecule has 1 heterocycles. The number of hydrogen-bond donors (Lipinski definition) is 1. The van der Waals surface area contributed by atoms with Crippen LogP contribution >= 0.6 is 11.6 Å². The lowest BCUT2D eigenvalue weighted by atomic mass is 10.2. The fourth-order valence-electron chi connectivity index (χ4n) is 0.796. The van der Waals surface area contributed by atoms with Crippen molar-refractivity contribution in [3.63, 3.8) is 0 Å². The second kappa shape index (κ2) is 4.57. The van der Waals surface area contributed by atoms with E-state index in [1.165, 1.54) is 18.6 Å². The van der Waals surface area contributed by atoms with E-state index in [1.807, 2.05) is 0 Å². The van der Waals surface area contributed by atoms with Gasteiger partial charge in [-0.05, 0) is 6.07 Å². The Labute approximate surface area is 80.7 Å². The summed E-state index contributed by atoms with van der Waals surface area (Å²) in [5.74, 6) is 0. The molecule has 0 saturated carbocycles. The summed E-state index contributed by atoms with van der Waals surface area (Å²) in [6.45, 7) is 0. The fourth-order valence-corrected chi connectivity index (χ4v) is 0.963. The molecule has 1 aromatic rings. The van der Waals surface area contributed by atoms with Crippen LogP contribution in [0.2, 0.25) is 5.15 Å². The summed E-state index contributed by atoms with van der Waals surface area (Å²) in [5.41, 5.74) is 1.05. The second-order valence-corrected chi connectivity index (χ2v) is 2.63. The lowest BCUT2D eigenvalue weighted by molar-refractivity contribution is 0.112. The molecule has 0 spiro atoms. The number of aromatic nitrogens is 1. The van der Waals surface area contributed by atoms with Crippen LogP contribution in [-0.4, -0.2) is 24.7 Å². The number of rotatable bonds is 3. The Morgan fingerprint density at radius 3 is 3.08 bits per heavy atom. The highest BCUT2D eigenvalue weighted by Crippen LogP contribution is 2.15. The van der Waals surface area contributed by atoms with Crippen LogP contribution in [0.1, 0.15) is 10.4 Å². The Morgan fingerprint density at radius 1 is 1.69 bits per heavy atom. The zero-order valence-electron chi connectivity index (χ0n) is 6.99. The van der Waals surface area contributed by atoms with Crippen LogP contribution in [0.25, 0.3) is 0 Å². The van der Waals surface area contributed by atoms with Crippen molar-refractivity contribution in [2.24, 2.45) is 4.99 Å². The Kier molecular flexibility index (Phi) is 3.40. The van der Waals surface area contributed by atoms with E-state index in [-0.39, 0.29) is 0 Å². The van der Waals surface area contributed by atoms with Crippen molar-refractivity contribution in [3.8, 4) is 0 Å². The van der Waals surface area contributed by atoms with Crippen LogP contribution in [0, 0.1) is 0 Å². The zero-order chi connectivity index (χ0) is 9.68. The van der Waals surface area contributed by atoms with Gasteiger partial charge in [-0.1, -0.05) is 11.6 Å². The van der Waals surface area contributed by atoms with Crippen molar-refractivity contribution >= 4 is 29.9 Å². The largest absolute Gasteiger partial charge is 0.345 e. The van der Waals surface area contributed by atoms with Crippen LogP contribution in [0.15, 0.2) is 17.3 Å². The molecule has 13 heavy (non-hydrogen) atoms. The number of halogens is 1. The summed E-state index contributed by atoms with van der Waals surface area (Å²) in [6.07, 6.45) is 3.66. The molecule has 0 bridgehead atoms. The molecule has 68 valence electrons. The Bertz CT molecular complexity index is 338. The smallest absolute Gasteiger partial charge is 0.152 e. The number of nitrogens with zero attached hydrogens (tertiary/aromatic N) is 2. The van der Waals surface area contributed by atoms with E-state index >= 15 is 0 Å². The van der Waals surface area contributed by atoms with Crippen molar-refractivity contribution in [2.75, 3.05) is 12.4 Å². The van der Waals surface area contributed by atoms with Crippen molar-refractivity contribution in [3.05, 3.63) is 23.0 Å². The SMILES string of the molecule is CN=CNc1cnc(Cl)cc1C=O. The van der Waals surface area contributed by atoms with Gasteiger partial charge in [-0.25, -0.2) is 4.98 Å². The van der Waals surface area contributed by atoms with Crippen molar-refractivity contribution in [1.29, 1.82) is 0 Å². The summed E-state index contributed by atoms with van der Waals surface area (Å²) in [7, 11) is 1.62. The third kappa shape index (κ3) is 2.52. The molecule has 4 nitrogen and oxygen atoms in total. The number of carbonyl (C=O) groups is 1. The zero-order valence-corrected chi connectivity index (χ0v) is 7.75. The number of hydrogen-bond acceptors (Lipinski definition) is 3. The lowest BCUT2D eigenvalue weighted by Gasteiger charge is -2.02. The number of aliphatic imine (C=N–C) groups is 1. The maximum atomic E-state index is 10.6. The first kappa shape index (κ1) is 9.67. The predicted molar refractivity (Wildman–Crippen MR) is 52.7 cm³/mol. The third-order valence-corrected chi connectivity index (χ3v) is 1.59. The van der Waals surface area contributed by atoms with Crippen LogP contribution in [0.4, 0.5) is 5.69 Å². The highest BCUT2D eigenvalue weighted by Gasteiger charge is 2.01. The molecular weight excluding hydrogens is 190 g/mol. The molecule has 5 heteroatoms. The van der Waals surface area contributed by atoms with Crippen LogP contribution in [0.5, 0.6) is 0 Å². The van der Waals surface area contributed by atoms with E-state index in [0.29, 0.717) is 22.7 Å². The first-order chi connectivity index (χ1) is 6.27. The summed E-state index contributed by atoms with van der Waals surface area (Å²) in [4.78, 5) is 18.1. The fraction of sp³-hybridized carbons (Fsp3) is 0.125. The minimum Gasteiger partial charge on any atom is -0.345 e. The molecule has 0 aliphatic rings. The van der Waals surface area contributed by atoms with Gasteiger partial charge in [-0.3, -0.25) is 9.79 Å². The molecule has 0 aliphatic heterocycles. The van der Waals surface area contributed by atoms with Gasteiger partial charge in [-0.15, -0.1) is 0 Å². The molecule has 0 atom stereocenters. The highest BCUT2D eigenvalue weighted by atomic mass is 35.5. The molecule has 1 aromatic heterocycles. The highest BCUT2D eigenvalue weighted by molar-refractivity contribution is 6.29. The van der Waals surface area contributed by atoms with Gasteiger partial charge in [0.15, 0.2) is 6.29 Å². The normalized spacial score (nSPS) is 10.3. The Hall–Kier alpha value is -1.42. The van der Waals surface area contributed by atoms with E-state index in [1.54, 1.807) is 7.05 Å². The van der Waals surface area contributed by atoms with Crippen LogP contribution in [-0.2, 0) is 0 Å². The van der Waals surface area contributed by atoms with Gasteiger partial charge in [0.25, 0.3) is 0 Å². The molecule has 0 amide bonds. The number of carbonyl (C=O) groups excluding carboxylic acids is 1. The molecule has 0 saturated heterocycles. The minimum absolute atomic E-state index is 0.293. The average Bonchev–Trinajstić information content (AvgIpc) is 2.16. The Morgan fingerprint density at radius 2 is 2.46 bits per heavy atom. The predicted octanol–water partition coefficient (Wildman–Crippen LogP) is 1.62. The van der Waals surface area contributed by atoms with E-state index in [0.717, 1.165) is 0 Å². The molecular formula is C8H8ClN3O. The second-order valence-electron chi connectivity index (χ2n) is 2.24. The van der Waals surface area contributed by atoms with Crippen LogP contribution < -0.4 is 5.32 Å². The van der Waals surface area contributed by atoms with Gasteiger partial charge in [0.05, 0.1) is 18.2 Å². The number of anilines is 1. The van der Waals surface area contributed by atoms with Crippen LogP contribution in [0.3, 0.4) is 0 Å². The molecule has 1 rings (SSSR count). The van der Waals surface area contributed by atoms with Gasteiger partial charge in [0.1, 0.15) is 5.15 Å². The van der Waals surface area contributed by atoms with Gasteiger partial charge in [0, 0.05) is 12.6 Å². The molecule has 0 aliphatic carbocycles. The van der Waals surface area contributed by atoms with E-state index in [4.69, 9.17) is 11.6 Å². The van der Waals surface area contributed by atoms with E-state index < -0.39 is 0 Å². The van der Waals surface area contributed by atoms with Gasteiger partial charge in [-0.2, -0.15) is 0 Å². The van der Waals surface area contributed by atoms with Crippen molar-refractivity contribution < 1.29 is 4.79 Å². The average molecular weight is 198 g/mol. The summed E-state index contributed by atoms with van der Waals surface area (Å²) < 4.78 is 0. The first-order valence-corrected chi connectivity index (χ1v) is 3.93. The molecule has 1 N–H and O–H groups in total. The number of pyridine rings is 1. The topological polar surface area (TPSA) is 54.4 Å². The maximum absolute atomic E-state index is 10.6. The quantitative estimate of drug-likeness (QED) is 0.347. The molecule has 0 aromatic carbocycles. The summed E-state index contributed by atoms with van der Waals surface area (Å²) in [6, 6.07) is 1.49. The van der Waals surface area contributed by atoms with Gasteiger partial charge < -0.3 is 5.32 Å². The maximum Gasteiger partial charge on any atom is 0.152 e. The first-order valence-electron chi connectivity index (χ1n) is 3.56. The minimum atomic E-state index is 0.293. The van der Waals surface area contributed by atoms with Gasteiger partial charge >= 0.3 is 0 Å². The third-order valence-electron chi connectivity index (χ3n) is 1.38. The number of aldehydes is 1. The molecule has 0 radical (unpaired) electrons. The van der Waals surface area contributed by atoms with Crippen molar-refractivity contribution in [2.45, 2.75) is 0 Å². The summed E-state index contributed by atoms with van der Waals surface area (Å²) in [5, 5.41) is 3.09. The summed E-state index contributed by atoms with van der Waals surface area (Å²) >= 11 is 5.60. The molecule has 0 fully saturated rings. The Balaban J connectivity index is 2.98. The monoisotopic (exact) mass is 197 g/mol. The molecule has 0 unspecified atom stereocenters. The lowest BCUT2D eigenvalue weighted by Crippen LogP contribution is -1.99. The van der Waals surface area contributed by atoms with E-state index in [2.05, 4.69) is 15.3 Å². The number of nitrogens with one attached hydrogen (secondary N) is 1. The van der Waals surface area contributed by atoms with Crippen molar-refractivity contribution in [1.82, 2.24) is 4.98 Å². The van der Waals surface area contributed by atoms with Gasteiger partial charge in [0.2, 0.25) is 0 Å². The standard InChI is InChI=1S/C8H8ClN3O/c1-10-5-12-7-3-11-8(9)2-6(7)4-13/h2-5H,1H3,(H,10,12). The van der Waals surface area contributed by atoms with E-state index in [9.17, 15) is 4.79 Å².